The average Bonchev–Trinajstić information content (AvgIpc) is 2.80. The number of pyridine rings is 1. The molecule has 0 bridgehead atoms. The molecule has 0 unspecified atom stereocenters. The van der Waals surface area contributed by atoms with Crippen LogP contribution >= 0.6 is 0 Å². The highest BCUT2D eigenvalue weighted by molar-refractivity contribution is 5.91. The average molecular weight is 482 g/mol. The highest BCUT2D eigenvalue weighted by Gasteiger charge is 2.24. The number of nitrogens with one attached hydrogen (secondary N) is 2. The first-order valence-electron chi connectivity index (χ1n) is 11.1. The van der Waals surface area contributed by atoms with Crippen LogP contribution in [0.3, 0.4) is 0 Å². The van der Waals surface area contributed by atoms with Crippen LogP contribution in [0.1, 0.15) is 36.1 Å². The molecule has 1 aromatic heterocycles. The zero-order valence-corrected chi connectivity index (χ0v) is 20.0. The van der Waals surface area contributed by atoms with Gasteiger partial charge in [0.15, 0.2) is 5.69 Å². The molecule has 0 fully saturated rings. The third-order valence-corrected chi connectivity index (χ3v) is 5.61. The van der Waals surface area contributed by atoms with Crippen molar-refractivity contribution in [3.05, 3.63) is 81.5 Å². The van der Waals surface area contributed by atoms with E-state index in [0.717, 1.165) is 22.3 Å². The summed E-state index contributed by atoms with van der Waals surface area (Å²) in [4.78, 5) is 37.3. The van der Waals surface area contributed by atoms with Crippen molar-refractivity contribution < 1.29 is 23.8 Å². The molecule has 3 N–H and O–H groups in total. The molecule has 3 aromatic rings. The van der Waals surface area contributed by atoms with Crippen molar-refractivity contribution in [1.29, 1.82) is 0 Å². The number of nitrogens with zero attached hydrogens (tertiary/aromatic N) is 1. The molecule has 8 nitrogen and oxygen atoms in total. The molecule has 0 aliphatic carbocycles. The van der Waals surface area contributed by atoms with Crippen LogP contribution in [0.25, 0.3) is 11.1 Å². The summed E-state index contributed by atoms with van der Waals surface area (Å²) in [6.45, 7) is 5.65. The fourth-order valence-corrected chi connectivity index (χ4v) is 3.91. The van der Waals surface area contributed by atoms with Gasteiger partial charge >= 0.3 is 12.0 Å². The van der Waals surface area contributed by atoms with Crippen molar-refractivity contribution in [3.8, 4) is 16.9 Å². The Balaban J connectivity index is 1.99. The van der Waals surface area contributed by atoms with Crippen molar-refractivity contribution in [3.63, 3.8) is 0 Å². The number of urea groups is 1. The lowest BCUT2D eigenvalue weighted by Gasteiger charge is -2.21. The number of hydrogen-bond donors (Lipinski definition) is 3. The van der Waals surface area contributed by atoms with Gasteiger partial charge in [-0.05, 0) is 61.2 Å². The van der Waals surface area contributed by atoms with Crippen LogP contribution in [0.2, 0.25) is 0 Å². The molecule has 0 aliphatic rings. The number of anilines is 1. The van der Waals surface area contributed by atoms with Gasteiger partial charge in [-0.2, -0.15) is 0 Å². The van der Waals surface area contributed by atoms with Gasteiger partial charge < -0.3 is 25.0 Å². The fraction of sp³-hybridized carbons (Fsp3) is 0.269. The van der Waals surface area contributed by atoms with E-state index in [1.54, 1.807) is 19.1 Å². The maximum Gasteiger partial charge on any atom is 0.319 e. The Labute approximate surface area is 202 Å². The second kappa shape index (κ2) is 10.9. The van der Waals surface area contributed by atoms with E-state index in [0.29, 0.717) is 0 Å². The Morgan fingerprint density at radius 2 is 1.83 bits per heavy atom. The molecule has 9 heteroatoms. The largest absolute Gasteiger partial charge is 0.505 e. The molecule has 2 aromatic carbocycles. The third kappa shape index (κ3) is 5.87. The normalized spacial score (nSPS) is 11.6. The van der Waals surface area contributed by atoms with Crippen molar-refractivity contribution in [2.24, 2.45) is 7.05 Å². The Morgan fingerprint density at radius 3 is 2.49 bits per heavy atom. The zero-order chi connectivity index (χ0) is 25.7. The third-order valence-electron chi connectivity index (χ3n) is 5.61. The van der Waals surface area contributed by atoms with Gasteiger partial charge in [0.2, 0.25) is 0 Å². The first-order valence-corrected chi connectivity index (χ1v) is 11.1. The summed E-state index contributed by atoms with van der Waals surface area (Å²) in [5.74, 6) is -1.67. The number of esters is 1. The first kappa shape index (κ1) is 25.5. The van der Waals surface area contributed by atoms with Crippen LogP contribution in [0.15, 0.2) is 53.5 Å². The van der Waals surface area contributed by atoms with Crippen LogP contribution in [0, 0.1) is 19.7 Å². The molecule has 0 aliphatic heterocycles. The van der Waals surface area contributed by atoms with Gasteiger partial charge in [0.25, 0.3) is 5.56 Å². The topological polar surface area (TPSA) is 110 Å². The van der Waals surface area contributed by atoms with E-state index in [1.165, 1.54) is 29.9 Å². The number of carbonyl (C=O) groups is 2. The van der Waals surface area contributed by atoms with Crippen LogP contribution in [-0.4, -0.2) is 28.3 Å². The van der Waals surface area contributed by atoms with Crippen LogP contribution in [-0.2, 0) is 16.6 Å². The second-order valence-electron chi connectivity index (χ2n) is 8.16. The summed E-state index contributed by atoms with van der Waals surface area (Å²) >= 11 is 0. The standard InChI is InChI=1S/C26H28FN3O5/c1-5-35-22(32)14-20(28-26(34)29-24-21(31)11-12-30(4)25(24)33)18-13-17(9-10-19(18)27)23-15(2)7-6-8-16(23)3/h6-13,20,31H,5,14H2,1-4H3,(H2,28,29,34)/t20-/m0/s1. The van der Waals surface area contributed by atoms with E-state index < -0.39 is 35.2 Å². The molecule has 184 valence electrons. The number of ether oxygens (including phenoxy) is 1. The van der Waals surface area contributed by atoms with Gasteiger partial charge in [0, 0.05) is 18.8 Å². The molecule has 0 saturated heterocycles. The minimum Gasteiger partial charge on any atom is -0.505 e. The Kier molecular flexibility index (Phi) is 7.91. The molecular weight excluding hydrogens is 453 g/mol. The predicted molar refractivity (Wildman–Crippen MR) is 131 cm³/mol. The summed E-state index contributed by atoms with van der Waals surface area (Å²) in [5, 5.41) is 14.8. The lowest BCUT2D eigenvalue weighted by Crippen LogP contribution is -2.36. The van der Waals surface area contributed by atoms with Gasteiger partial charge in [0.05, 0.1) is 19.1 Å². The minimum atomic E-state index is -1.10. The van der Waals surface area contributed by atoms with Crippen molar-refractivity contribution >= 4 is 17.7 Å². The van der Waals surface area contributed by atoms with Gasteiger partial charge in [0.1, 0.15) is 11.6 Å². The van der Waals surface area contributed by atoms with E-state index in [1.807, 2.05) is 32.0 Å². The highest BCUT2D eigenvalue weighted by atomic mass is 19.1. The van der Waals surface area contributed by atoms with E-state index in [-0.39, 0.29) is 24.3 Å². The maximum atomic E-state index is 15.0. The predicted octanol–water partition coefficient (Wildman–Crippen LogP) is 4.33. The summed E-state index contributed by atoms with van der Waals surface area (Å²) in [6, 6.07) is 9.59. The molecule has 0 spiro atoms. The fourth-order valence-electron chi connectivity index (χ4n) is 3.91. The van der Waals surface area contributed by atoms with Crippen LogP contribution in [0.5, 0.6) is 5.75 Å². The van der Waals surface area contributed by atoms with E-state index in [4.69, 9.17) is 4.74 Å². The lowest BCUT2D eigenvalue weighted by atomic mass is 9.92. The number of aromatic hydroxyl groups is 1. The van der Waals surface area contributed by atoms with Gasteiger partial charge in [-0.1, -0.05) is 24.3 Å². The van der Waals surface area contributed by atoms with E-state index >= 15 is 4.39 Å². The molecule has 2 amide bonds. The number of amides is 2. The molecule has 0 radical (unpaired) electrons. The van der Waals surface area contributed by atoms with E-state index in [9.17, 15) is 19.5 Å². The Bertz CT molecular complexity index is 1300. The van der Waals surface area contributed by atoms with Crippen molar-refractivity contribution in [2.45, 2.75) is 33.2 Å². The SMILES string of the molecule is CCOC(=O)C[C@H](NC(=O)Nc1c(O)ccn(C)c1=O)c1cc(-c2c(C)cccc2C)ccc1F. The summed E-state index contributed by atoms with van der Waals surface area (Å²) < 4.78 is 21.2. The first-order chi connectivity index (χ1) is 16.6. The van der Waals surface area contributed by atoms with Crippen LogP contribution in [0.4, 0.5) is 14.9 Å². The van der Waals surface area contributed by atoms with Gasteiger partial charge in [-0.3, -0.25) is 9.59 Å². The monoisotopic (exact) mass is 481 g/mol. The zero-order valence-electron chi connectivity index (χ0n) is 20.0. The molecule has 0 saturated carbocycles. The highest BCUT2D eigenvalue weighted by Crippen LogP contribution is 2.31. The Hall–Kier alpha value is -4.14. The lowest BCUT2D eigenvalue weighted by molar-refractivity contribution is -0.143. The van der Waals surface area contributed by atoms with Gasteiger partial charge in [-0.15, -0.1) is 0 Å². The van der Waals surface area contributed by atoms with Crippen molar-refractivity contribution in [2.75, 3.05) is 11.9 Å². The van der Waals surface area contributed by atoms with Crippen LogP contribution < -0.4 is 16.2 Å². The number of carbonyl (C=O) groups excluding carboxylic acids is 2. The summed E-state index contributed by atoms with van der Waals surface area (Å²) in [6.07, 6.45) is 1.01. The minimum absolute atomic E-state index is 0.0820. The van der Waals surface area contributed by atoms with Crippen molar-refractivity contribution in [1.82, 2.24) is 9.88 Å². The number of benzene rings is 2. The summed E-state index contributed by atoms with van der Waals surface area (Å²) in [5.41, 5.74) is 2.74. The number of halogens is 1. The smallest absolute Gasteiger partial charge is 0.319 e. The molecule has 1 heterocycles. The maximum absolute atomic E-state index is 15.0. The number of aromatic nitrogens is 1. The summed E-state index contributed by atoms with van der Waals surface area (Å²) in [7, 11) is 1.46. The number of rotatable bonds is 7. The Morgan fingerprint density at radius 1 is 1.14 bits per heavy atom. The number of hydrogen-bond acceptors (Lipinski definition) is 5. The van der Waals surface area contributed by atoms with Gasteiger partial charge in [-0.25, -0.2) is 9.18 Å². The molecule has 3 rings (SSSR count). The molecular formula is C26H28FN3O5. The number of aryl methyl sites for hydroxylation is 3. The quantitative estimate of drug-likeness (QED) is 0.435. The molecule has 1 atom stereocenters. The molecule has 35 heavy (non-hydrogen) atoms. The second-order valence-corrected chi connectivity index (χ2v) is 8.16. The van der Waals surface area contributed by atoms with E-state index in [2.05, 4.69) is 10.6 Å².